The van der Waals surface area contributed by atoms with Crippen molar-refractivity contribution in [1.29, 1.82) is 10.5 Å². The number of pyridine rings is 1. The van der Waals surface area contributed by atoms with Crippen molar-refractivity contribution in [2.45, 2.75) is 25.8 Å². The van der Waals surface area contributed by atoms with Crippen LogP contribution in [0.3, 0.4) is 0 Å². The third-order valence-corrected chi connectivity index (χ3v) is 4.94. The molecule has 3 aromatic heterocycles. The van der Waals surface area contributed by atoms with E-state index < -0.39 is 0 Å². The van der Waals surface area contributed by atoms with Gasteiger partial charge in [0.25, 0.3) is 0 Å². The Morgan fingerprint density at radius 1 is 1.12 bits per heavy atom. The van der Waals surface area contributed by atoms with Gasteiger partial charge in [0.15, 0.2) is 6.19 Å². The van der Waals surface area contributed by atoms with Crippen LogP contribution in [0.1, 0.15) is 30.1 Å². The maximum Gasteiger partial charge on any atom is 0.179 e. The highest BCUT2D eigenvalue weighted by Crippen LogP contribution is 2.29. The molecule has 0 unspecified atom stereocenters. The van der Waals surface area contributed by atoms with Crippen molar-refractivity contribution in [2.24, 2.45) is 0 Å². The molecule has 1 saturated heterocycles. The summed E-state index contributed by atoms with van der Waals surface area (Å²) in [5.41, 5.74) is 4.59. The average molecular weight is 331 g/mol. The summed E-state index contributed by atoms with van der Waals surface area (Å²) in [6, 6.07) is 6.40. The first-order valence-corrected chi connectivity index (χ1v) is 8.28. The molecule has 0 aliphatic carbocycles. The second-order valence-electron chi connectivity index (χ2n) is 6.32. The lowest BCUT2D eigenvalue weighted by atomic mass is 10.0. The third-order valence-electron chi connectivity index (χ3n) is 4.94. The van der Waals surface area contributed by atoms with Gasteiger partial charge in [0, 0.05) is 36.1 Å². The SMILES string of the molecule is Cc1c(-c2ccc3c(C#N)cnn3c2)cnn1C1CCN(C#N)CC1. The van der Waals surface area contributed by atoms with E-state index >= 15 is 0 Å². The molecule has 1 fully saturated rings. The molecule has 25 heavy (non-hydrogen) atoms. The predicted octanol–water partition coefficient (Wildman–Crippen LogP) is 2.50. The van der Waals surface area contributed by atoms with Gasteiger partial charge in [0.2, 0.25) is 0 Å². The fourth-order valence-electron chi connectivity index (χ4n) is 3.52. The summed E-state index contributed by atoms with van der Waals surface area (Å²) >= 11 is 0. The summed E-state index contributed by atoms with van der Waals surface area (Å²) in [5, 5.41) is 26.9. The molecule has 4 heterocycles. The minimum Gasteiger partial charge on any atom is -0.310 e. The number of likely N-dealkylation sites (tertiary alicyclic amines) is 1. The van der Waals surface area contributed by atoms with Crippen LogP contribution in [0.25, 0.3) is 16.6 Å². The van der Waals surface area contributed by atoms with Gasteiger partial charge in [-0.25, -0.2) is 4.52 Å². The van der Waals surface area contributed by atoms with Crippen molar-refractivity contribution >= 4 is 5.52 Å². The van der Waals surface area contributed by atoms with Crippen LogP contribution in [0.4, 0.5) is 0 Å². The van der Waals surface area contributed by atoms with Gasteiger partial charge in [-0.05, 0) is 25.8 Å². The van der Waals surface area contributed by atoms with E-state index in [0.717, 1.165) is 48.3 Å². The van der Waals surface area contributed by atoms with Crippen molar-refractivity contribution in [3.05, 3.63) is 42.0 Å². The van der Waals surface area contributed by atoms with E-state index in [-0.39, 0.29) is 0 Å². The molecule has 0 spiro atoms. The first-order valence-electron chi connectivity index (χ1n) is 8.28. The zero-order valence-corrected chi connectivity index (χ0v) is 13.9. The van der Waals surface area contributed by atoms with Crippen molar-refractivity contribution in [3.63, 3.8) is 0 Å². The van der Waals surface area contributed by atoms with Gasteiger partial charge in [0.1, 0.15) is 6.07 Å². The van der Waals surface area contributed by atoms with Crippen molar-refractivity contribution in [3.8, 4) is 23.4 Å². The first kappa shape index (κ1) is 15.2. The van der Waals surface area contributed by atoms with Crippen molar-refractivity contribution in [2.75, 3.05) is 13.1 Å². The maximum atomic E-state index is 9.10. The van der Waals surface area contributed by atoms with Gasteiger partial charge < -0.3 is 4.90 Å². The topological polar surface area (TPSA) is 85.9 Å². The monoisotopic (exact) mass is 331 g/mol. The molecule has 1 aliphatic rings. The Kier molecular flexibility index (Phi) is 3.62. The van der Waals surface area contributed by atoms with Crippen LogP contribution in [-0.2, 0) is 0 Å². The van der Waals surface area contributed by atoms with Crippen LogP contribution < -0.4 is 0 Å². The van der Waals surface area contributed by atoms with Crippen LogP contribution in [-0.4, -0.2) is 37.4 Å². The fraction of sp³-hybridized carbons (Fsp3) is 0.333. The largest absolute Gasteiger partial charge is 0.310 e. The van der Waals surface area contributed by atoms with Gasteiger partial charge in [-0.1, -0.05) is 6.07 Å². The van der Waals surface area contributed by atoms with Crippen LogP contribution in [0, 0.1) is 29.7 Å². The van der Waals surface area contributed by atoms with E-state index in [9.17, 15) is 0 Å². The highest BCUT2D eigenvalue weighted by atomic mass is 15.3. The molecular formula is C18H17N7. The molecule has 7 heteroatoms. The van der Waals surface area contributed by atoms with Gasteiger partial charge in [0.05, 0.1) is 29.5 Å². The summed E-state index contributed by atoms with van der Waals surface area (Å²) in [6.45, 7) is 3.64. The number of nitrogens with zero attached hydrogens (tertiary/aromatic N) is 7. The predicted molar refractivity (Wildman–Crippen MR) is 91.3 cm³/mol. The normalized spacial score (nSPS) is 15.2. The van der Waals surface area contributed by atoms with Crippen LogP contribution in [0.2, 0.25) is 0 Å². The number of fused-ring (bicyclic) bond motifs is 1. The Morgan fingerprint density at radius 2 is 1.92 bits per heavy atom. The molecule has 4 rings (SSSR count). The quantitative estimate of drug-likeness (QED) is 0.673. The molecule has 0 bridgehead atoms. The Balaban J connectivity index is 1.65. The minimum absolute atomic E-state index is 0.331. The second kappa shape index (κ2) is 5.95. The molecule has 7 nitrogen and oxygen atoms in total. The van der Waals surface area contributed by atoms with Crippen molar-refractivity contribution in [1.82, 2.24) is 24.3 Å². The zero-order valence-electron chi connectivity index (χ0n) is 13.9. The van der Waals surface area contributed by atoms with E-state index in [2.05, 4.69) is 34.1 Å². The number of rotatable bonds is 2. The Morgan fingerprint density at radius 3 is 2.64 bits per heavy atom. The molecule has 124 valence electrons. The molecule has 0 radical (unpaired) electrons. The number of piperidine rings is 1. The Labute approximate surface area is 145 Å². The molecule has 1 aliphatic heterocycles. The highest BCUT2D eigenvalue weighted by molar-refractivity contribution is 5.69. The number of hydrogen-bond donors (Lipinski definition) is 0. The lowest BCUT2D eigenvalue weighted by Gasteiger charge is -2.29. The summed E-state index contributed by atoms with van der Waals surface area (Å²) in [6.07, 6.45) is 9.48. The molecule has 0 aromatic carbocycles. The van der Waals surface area contributed by atoms with Gasteiger partial charge >= 0.3 is 0 Å². The van der Waals surface area contributed by atoms with E-state index in [4.69, 9.17) is 10.5 Å². The van der Waals surface area contributed by atoms with Crippen molar-refractivity contribution < 1.29 is 0 Å². The van der Waals surface area contributed by atoms with E-state index in [0.29, 0.717) is 11.6 Å². The summed E-state index contributed by atoms with van der Waals surface area (Å²) in [4.78, 5) is 1.80. The number of aromatic nitrogens is 4. The fourth-order valence-corrected chi connectivity index (χ4v) is 3.52. The number of hydrogen-bond acceptors (Lipinski definition) is 5. The minimum atomic E-state index is 0.331. The lowest BCUT2D eigenvalue weighted by molar-refractivity contribution is 0.239. The summed E-state index contributed by atoms with van der Waals surface area (Å²) in [5.74, 6) is 0. The zero-order chi connectivity index (χ0) is 17.4. The molecule has 0 amide bonds. The van der Waals surface area contributed by atoms with Crippen LogP contribution in [0.15, 0.2) is 30.7 Å². The van der Waals surface area contributed by atoms with E-state index in [1.54, 1.807) is 15.6 Å². The summed E-state index contributed by atoms with van der Waals surface area (Å²) in [7, 11) is 0. The van der Waals surface area contributed by atoms with Gasteiger partial charge in [-0.15, -0.1) is 0 Å². The molecule has 0 atom stereocenters. The number of nitriles is 2. The standard InChI is InChI=1S/C18H17N7/c1-13-17(10-22-25(13)16-4-6-23(12-20)7-5-16)14-2-3-18-15(8-19)9-21-24(18)11-14/h2-3,9-11,16H,4-7H2,1H3. The smallest absolute Gasteiger partial charge is 0.179 e. The van der Waals surface area contributed by atoms with E-state index in [1.807, 2.05) is 24.5 Å². The second-order valence-corrected chi connectivity index (χ2v) is 6.32. The maximum absolute atomic E-state index is 9.10. The van der Waals surface area contributed by atoms with Crippen LogP contribution in [0.5, 0.6) is 0 Å². The Bertz CT molecular complexity index is 1010. The lowest BCUT2D eigenvalue weighted by Crippen LogP contribution is -2.31. The summed E-state index contributed by atoms with van der Waals surface area (Å²) < 4.78 is 3.81. The molecule has 3 aromatic rings. The molecular weight excluding hydrogens is 314 g/mol. The molecule has 0 N–H and O–H groups in total. The molecule has 0 saturated carbocycles. The Hall–Kier alpha value is -3.32. The van der Waals surface area contributed by atoms with Gasteiger partial charge in [-0.2, -0.15) is 20.7 Å². The third kappa shape index (κ3) is 2.50. The average Bonchev–Trinajstić information content (AvgIpc) is 3.24. The highest BCUT2D eigenvalue weighted by Gasteiger charge is 2.22. The first-order chi connectivity index (χ1) is 12.2. The van der Waals surface area contributed by atoms with E-state index in [1.165, 1.54) is 0 Å². The van der Waals surface area contributed by atoms with Crippen LogP contribution >= 0.6 is 0 Å². The van der Waals surface area contributed by atoms with Gasteiger partial charge in [-0.3, -0.25) is 4.68 Å².